The zero-order chi connectivity index (χ0) is 10.7. The molecular formula is C11H13N3O. The lowest BCUT2D eigenvalue weighted by atomic mass is 10.2. The van der Waals surface area contributed by atoms with E-state index in [1.807, 2.05) is 25.1 Å². The van der Waals surface area contributed by atoms with Gasteiger partial charge in [-0.25, -0.2) is 0 Å². The van der Waals surface area contributed by atoms with Gasteiger partial charge in [0, 0.05) is 18.9 Å². The summed E-state index contributed by atoms with van der Waals surface area (Å²) in [4.78, 5) is 8.46. The van der Waals surface area contributed by atoms with Gasteiger partial charge in [-0.2, -0.15) is 4.98 Å². The summed E-state index contributed by atoms with van der Waals surface area (Å²) in [5, 5.41) is 2.88. The molecule has 0 spiro atoms. The molecule has 2 heterocycles. The molecule has 0 aliphatic carbocycles. The van der Waals surface area contributed by atoms with Crippen LogP contribution in [0.1, 0.15) is 17.1 Å². The fourth-order valence-electron chi connectivity index (χ4n) is 1.37. The van der Waals surface area contributed by atoms with Gasteiger partial charge in [0.25, 0.3) is 6.01 Å². The molecule has 0 unspecified atom stereocenters. The maximum Gasteiger partial charge on any atom is 0.294 e. The quantitative estimate of drug-likeness (QED) is 0.829. The number of aryl methyl sites for hydroxylation is 1. The van der Waals surface area contributed by atoms with E-state index in [1.54, 1.807) is 13.2 Å². The van der Waals surface area contributed by atoms with Crippen LogP contribution >= 0.6 is 0 Å². The molecule has 0 saturated heterocycles. The Bertz CT molecular complexity index is 436. The van der Waals surface area contributed by atoms with Crippen molar-refractivity contribution in [3.8, 4) is 0 Å². The minimum atomic E-state index is 0.554. The standard InChI is InChI=1S/C11H13N3O/c1-8-10(15-11(12-2)14-8)7-9-5-3-4-6-13-9/h3-6H,7H2,1-2H3,(H,12,14). The SMILES string of the molecule is CNc1nc(C)c(Cc2ccccn2)o1. The molecule has 0 aliphatic rings. The highest BCUT2D eigenvalue weighted by molar-refractivity contribution is 5.26. The predicted molar refractivity (Wildman–Crippen MR) is 57.8 cm³/mol. The Balaban J connectivity index is 2.21. The average Bonchev–Trinajstić information content (AvgIpc) is 2.61. The number of oxazole rings is 1. The van der Waals surface area contributed by atoms with Crippen molar-refractivity contribution in [1.82, 2.24) is 9.97 Å². The van der Waals surface area contributed by atoms with Gasteiger partial charge in [-0.1, -0.05) is 6.07 Å². The van der Waals surface area contributed by atoms with E-state index in [2.05, 4.69) is 15.3 Å². The molecule has 4 heteroatoms. The van der Waals surface area contributed by atoms with Crippen molar-refractivity contribution >= 4 is 6.01 Å². The smallest absolute Gasteiger partial charge is 0.294 e. The summed E-state index contributed by atoms with van der Waals surface area (Å²) in [5.74, 6) is 0.859. The summed E-state index contributed by atoms with van der Waals surface area (Å²) in [6, 6.07) is 6.39. The van der Waals surface area contributed by atoms with Crippen LogP contribution in [0.5, 0.6) is 0 Å². The first-order valence-electron chi connectivity index (χ1n) is 4.83. The fraction of sp³-hybridized carbons (Fsp3) is 0.273. The first-order chi connectivity index (χ1) is 7.29. The van der Waals surface area contributed by atoms with Gasteiger partial charge >= 0.3 is 0 Å². The third-order valence-corrected chi connectivity index (χ3v) is 2.17. The minimum absolute atomic E-state index is 0.554. The number of pyridine rings is 1. The van der Waals surface area contributed by atoms with Crippen LogP contribution in [0, 0.1) is 6.92 Å². The summed E-state index contributed by atoms with van der Waals surface area (Å²) < 4.78 is 5.51. The van der Waals surface area contributed by atoms with Crippen molar-refractivity contribution < 1.29 is 4.42 Å². The number of aromatic nitrogens is 2. The summed E-state index contributed by atoms with van der Waals surface area (Å²) in [6.45, 7) is 1.93. The molecule has 0 saturated carbocycles. The molecule has 0 radical (unpaired) electrons. The summed E-state index contributed by atoms with van der Waals surface area (Å²) in [5.41, 5.74) is 1.89. The molecule has 4 nitrogen and oxygen atoms in total. The second-order valence-corrected chi connectivity index (χ2v) is 3.28. The molecule has 2 rings (SSSR count). The molecular weight excluding hydrogens is 190 g/mol. The lowest BCUT2D eigenvalue weighted by Crippen LogP contribution is -1.91. The second-order valence-electron chi connectivity index (χ2n) is 3.28. The van der Waals surface area contributed by atoms with Crippen LogP contribution in [-0.2, 0) is 6.42 Å². The molecule has 78 valence electrons. The second kappa shape index (κ2) is 4.13. The molecule has 2 aromatic heterocycles. The van der Waals surface area contributed by atoms with Gasteiger partial charge < -0.3 is 9.73 Å². The summed E-state index contributed by atoms with van der Waals surface area (Å²) in [7, 11) is 1.79. The van der Waals surface area contributed by atoms with Crippen molar-refractivity contribution in [2.45, 2.75) is 13.3 Å². The topological polar surface area (TPSA) is 51.0 Å². The summed E-state index contributed by atoms with van der Waals surface area (Å²) >= 11 is 0. The molecule has 0 aliphatic heterocycles. The van der Waals surface area contributed by atoms with E-state index in [0.717, 1.165) is 17.1 Å². The molecule has 0 atom stereocenters. The lowest BCUT2D eigenvalue weighted by molar-refractivity contribution is 0.527. The van der Waals surface area contributed by atoms with Crippen LogP contribution in [-0.4, -0.2) is 17.0 Å². The Hall–Kier alpha value is -1.84. The highest BCUT2D eigenvalue weighted by Crippen LogP contribution is 2.16. The Labute approximate surface area is 88.4 Å². The third kappa shape index (κ3) is 2.15. The van der Waals surface area contributed by atoms with E-state index in [-0.39, 0.29) is 0 Å². The van der Waals surface area contributed by atoms with E-state index < -0.39 is 0 Å². The van der Waals surface area contributed by atoms with Crippen molar-refractivity contribution in [2.75, 3.05) is 12.4 Å². The number of anilines is 1. The average molecular weight is 203 g/mol. The van der Waals surface area contributed by atoms with Crippen LogP contribution < -0.4 is 5.32 Å². The normalized spacial score (nSPS) is 10.3. The van der Waals surface area contributed by atoms with E-state index in [1.165, 1.54) is 0 Å². The number of nitrogens with zero attached hydrogens (tertiary/aromatic N) is 2. The molecule has 0 aromatic carbocycles. The third-order valence-electron chi connectivity index (χ3n) is 2.17. The van der Waals surface area contributed by atoms with Crippen molar-refractivity contribution in [1.29, 1.82) is 0 Å². The van der Waals surface area contributed by atoms with Crippen LogP contribution in [0.15, 0.2) is 28.8 Å². The van der Waals surface area contributed by atoms with E-state index in [9.17, 15) is 0 Å². The number of rotatable bonds is 3. The first kappa shape index (κ1) is 9.71. The van der Waals surface area contributed by atoms with Crippen LogP contribution in [0.25, 0.3) is 0 Å². The van der Waals surface area contributed by atoms with Crippen molar-refractivity contribution in [3.05, 3.63) is 41.5 Å². The number of hydrogen-bond acceptors (Lipinski definition) is 4. The van der Waals surface area contributed by atoms with E-state index >= 15 is 0 Å². The zero-order valence-corrected chi connectivity index (χ0v) is 8.82. The summed E-state index contributed by atoms with van der Waals surface area (Å²) in [6.07, 6.45) is 2.46. The minimum Gasteiger partial charge on any atom is -0.428 e. The monoisotopic (exact) mass is 203 g/mol. The van der Waals surface area contributed by atoms with Gasteiger partial charge in [-0.05, 0) is 19.1 Å². The van der Waals surface area contributed by atoms with Crippen LogP contribution in [0.4, 0.5) is 6.01 Å². The maximum atomic E-state index is 5.51. The molecule has 0 fully saturated rings. The Morgan fingerprint density at radius 3 is 2.87 bits per heavy atom. The van der Waals surface area contributed by atoms with E-state index in [0.29, 0.717) is 12.4 Å². The van der Waals surface area contributed by atoms with Crippen LogP contribution in [0.2, 0.25) is 0 Å². The van der Waals surface area contributed by atoms with Gasteiger partial charge in [0.1, 0.15) is 5.76 Å². The van der Waals surface area contributed by atoms with Crippen LogP contribution in [0.3, 0.4) is 0 Å². The van der Waals surface area contributed by atoms with Gasteiger partial charge in [-0.3, -0.25) is 4.98 Å². The van der Waals surface area contributed by atoms with Crippen molar-refractivity contribution in [3.63, 3.8) is 0 Å². The largest absolute Gasteiger partial charge is 0.428 e. The number of nitrogens with one attached hydrogen (secondary N) is 1. The Kier molecular flexibility index (Phi) is 2.67. The molecule has 2 aromatic rings. The van der Waals surface area contributed by atoms with Gasteiger partial charge in [-0.15, -0.1) is 0 Å². The lowest BCUT2D eigenvalue weighted by Gasteiger charge is -1.96. The molecule has 0 amide bonds. The van der Waals surface area contributed by atoms with Gasteiger partial charge in [0.2, 0.25) is 0 Å². The first-order valence-corrected chi connectivity index (χ1v) is 4.83. The molecule has 15 heavy (non-hydrogen) atoms. The molecule has 1 N–H and O–H groups in total. The Morgan fingerprint density at radius 1 is 1.40 bits per heavy atom. The zero-order valence-electron chi connectivity index (χ0n) is 8.82. The Morgan fingerprint density at radius 2 is 2.27 bits per heavy atom. The highest BCUT2D eigenvalue weighted by Gasteiger charge is 2.09. The molecule has 0 bridgehead atoms. The van der Waals surface area contributed by atoms with Gasteiger partial charge in [0.05, 0.1) is 12.1 Å². The maximum absolute atomic E-state index is 5.51. The van der Waals surface area contributed by atoms with E-state index in [4.69, 9.17) is 4.42 Å². The number of hydrogen-bond donors (Lipinski definition) is 1. The highest BCUT2D eigenvalue weighted by atomic mass is 16.4. The fourth-order valence-corrected chi connectivity index (χ4v) is 1.37. The predicted octanol–water partition coefficient (Wildman–Crippen LogP) is 2.01. The van der Waals surface area contributed by atoms with Gasteiger partial charge in [0.15, 0.2) is 0 Å². The van der Waals surface area contributed by atoms with Crippen molar-refractivity contribution in [2.24, 2.45) is 0 Å².